The number of hydrogen-bond acceptors (Lipinski definition) is 3. The molecule has 2 aromatic rings. The van der Waals surface area contributed by atoms with Gasteiger partial charge in [0.05, 0.1) is 7.11 Å². The number of ether oxygens (including phenoxy) is 1. The van der Waals surface area contributed by atoms with Crippen LogP contribution in [0.1, 0.15) is 62.0 Å². The summed E-state index contributed by atoms with van der Waals surface area (Å²) in [6, 6.07) is 15.7. The quantitative estimate of drug-likeness (QED) is 0.534. The van der Waals surface area contributed by atoms with Gasteiger partial charge in [-0.05, 0) is 74.9 Å². The van der Waals surface area contributed by atoms with Gasteiger partial charge in [-0.3, -0.25) is 0 Å². The van der Waals surface area contributed by atoms with Crippen molar-refractivity contribution in [2.75, 3.05) is 33.8 Å². The zero-order valence-electron chi connectivity index (χ0n) is 21.2. The molecule has 0 spiro atoms. The molecule has 1 aliphatic carbocycles. The fourth-order valence-electron chi connectivity index (χ4n) is 5.65. The molecule has 6 heteroatoms. The summed E-state index contributed by atoms with van der Waals surface area (Å²) in [7, 11) is 3.59. The number of urea groups is 1. The second-order valence-corrected chi connectivity index (χ2v) is 10.2. The number of nitrogens with zero attached hydrogens (tertiary/aromatic N) is 2. The van der Waals surface area contributed by atoms with E-state index in [-0.39, 0.29) is 23.8 Å². The Kier molecular flexibility index (Phi) is 9.02. The van der Waals surface area contributed by atoms with Gasteiger partial charge in [0.1, 0.15) is 11.6 Å². The summed E-state index contributed by atoms with van der Waals surface area (Å²) in [5, 5.41) is 3.29. The average molecular weight is 482 g/mol. The van der Waals surface area contributed by atoms with Crippen molar-refractivity contribution in [1.82, 2.24) is 15.1 Å². The number of likely N-dealkylation sites (N-methyl/N-ethyl adjacent to an activating group) is 1. The molecule has 1 saturated carbocycles. The van der Waals surface area contributed by atoms with Gasteiger partial charge in [0.25, 0.3) is 0 Å². The molecule has 0 aromatic heterocycles. The van der Waals surface area contributed by atoms with Crippen LogP contribution in [-0.2, 0) is 6.42 Å². The number of carbonyl (C=O) groups is 1. The van der Waals surface area contributed by atoms with E-state index < -0.39 is 0 Å². The van der Waals surface area contributed by atoms with Gasteiger partial charge in [-0.15, -0.1) is 0 Å². The first-order valence-electron chi connectivity index (χ1n) is 13.2. The lowest BCUT2D eigenvalue weighted by molar-refractivity contribution is 0.138. The molecule has 1 heterocycles. The van der Waals surface area contributed by atoms with Crippen molar-refractivity contribution < 1.29 is 13.9 Å². The third kappa shape index (κ3) is 6.97. The van der Waals surface area contributed by atoms with Crippen LogP contribution in [0.5, 0.6) is 5.75 Å². The summed E-state index contributed by atoms with van der Waals surface area (Å²) in [5.41, 5.74) is 2.21. The van der Waals surface area contributed by atoms with Crippen LogP contribution in [-0.4, -0.2) is 61.7 Å². The number of amides is 2. The number of rotatable bonds is 8. The van der Waals surface area contributed by atoms with Crippen molar-refractivity contribution in [3.05, 3.63) is 65.5 Å². The molecule has 1 aliphatic heterocycles. The maximum atomic E-state index is 13.9. The molecular formula is C29H40FN3O2. The Balaban J connectivity index is 1.39. The first kappa shape index (κ1) is 25.5. The van der Waals surface area contributed by atoms with E-state index >= 15 is 0 Å². The van der Waals surface area contributed by atoms with Crippen LogP contribution in [0.3, 0.4) is 0 Å². The van der Waals surface area contributed by atoms with Crippen LogP contribution < -0.4 is 10.1 Å². The number of benzene rings is 2. The SMILES string of the molecule is COc1ccc(F)cc1C1CCN(CC(Cc2ccccc2)N(C)C(=O)NC2CCCCC2)CC1. The van der Waals surface area contributed by atoms with Crippen LogP contribution in [0.15, 0.2) is 48.5 Å². The molecular weight excluding hydrogens is 441 g/mol. The number of methoxy groups -OCH3 is 1. The summed E-state index contributed by atoms with van der Waals surface area (Å²) in [6.07, 6.45) is 8.58. The third-order valence-corrected chi connectivity index (χ3v) is 7.80. The molecule has 5 nitrogen and oxygen atoms in total. The summed E-state index contributed by atoms with van der Waals surface area (Å²) < 4.78 is 19.4. The Morgan fingerprint density at radius 2 is 1.80 bits per heavy atom. The highest BCUT2D eigenvalue weighted by Gasteiger charge is 2.29. The highest BCUT2D eigenvalue weighted by molar-refractivity contribution is 5.74. The predicted molar refractivity (Wildman–Crippen MR) is 138 cm³/mol. The van der Waals surface area contributed by atoms with Crippen LogP contribution in [0.25, 0.3) is 0 Å². The highest BCUT2D eigenvalue weighted by Crippen LogP contribution is 2.35. The summed E-state index contributed by atoms with van der Waals surface area (Å²) in [6.45, 7) is 2.68. The van der Waals surface area contributed by atoms with Gasteiger partial charge in [-0.1, -0.05) is 49.6 Å². The van der Waals surface area contributed by atoms with E-state index in [1.807, 2.05) is 18.0 Å². The van der Waals surface area contributed by atoms with Crippen molar-refractivity contribution in [2.45, 2.75) is 69.4 Å². The third-order valence-electron chi connectivity index (χ3n) is 7.80. The van der Waals surface area contributed by atoms with Gasteiger partial charge in [-0.25, -0.2) is 9.18 Å². The van der Waals surface area contributed by atoms with E-state index in [9.17, 15) is 9.18 Å². The zero-order valence-corrected chi connectivity index (χ0v) is 21.2. The van der Waals surface area contributed by atoms with Crippen LogP contribution in [0.4, 0.5) is 9.18 Å². The second kappa shape index (κ2) is 12.4. The molecule has 1 N–H and O–H groups in total. The summed E-state index contributed by atoms with van der Waals surface area (Å²) >= 11 is 0. The molecule has 0 bridgehead atoms. The van der Waals surface area contributed by atoms with Crippen LogP contribution in [0.2, 0.25) is 0 Å². The minimum atomic E-state index is -0.211. The van der Waals surface area contributed by atoms with Crippen molar-refractivity contribution in [3.8, 4) is 5.75 Å². The zero-order chi connectivity index (χ0) is 24.6. The second-order valence-electron chi connectivity index (χ2n) is 10.2. The molecule has 1 unspecified atom stereocenters. The van der Waals surface area contributed by atoms with E-state index in [0.717, 1.165) is 63.1 Å². The first-order valence-corrected chi connectivity index (χ1v) is 13.2. The Morgan fingerprint density at radius 1 is 1.09 bits per heavy atom. The minimum absolute atomic E-state index is 0.0391. The molecule has 0 radical (unpaired) electrons. The lowest BCUT2D eigenvalue weighted by Gasteiger charge is -2.38. The molecule has 1 saturated heterocycles. The first-order chi connectivity index (χ1) is 17.0. The molecule has 2 aliphatic rings. The lowest BCUT2D eigenvalue weighted by atomic mass is 9.88. The van der Waals surface area contributed by atoms with E-state index in [1.54, 1.807) is 19.2 Å². The van der Waals surface area contributed by atoms with E-state index in [4.69, 9.17) is 4.74 Å². The fraction of sp³-hybridized carbons (Fsp3) is 0.552. The maximum absolute atomic E-state index is 13.9. The Morgan fingerprint density at radius 3 is 2.49 bits per heavy atom. The van der Waals surface area contributed by atoms with E-state index in [0.29, 0.717) is 6.04 Å². The Hall–Kier alpha value is -2.60. The molecule has 35 heavy (non-hydrogen) atoms. The number of hydrogen-bond donors (Lipinski definition) is 1. The summed E-state index contributed by atoms with van der Waals surface area (Å²) in [5.74, 6) is 0.847. The van der Waals surface area contributed by atoms with Crippen molar-refractivity contribution >= 4 is 6.03 Å². The number of halogens is 1. The van der Waals surface area contributed by atoms with Crippen molar-refractivity contribution in [2.24, 2.45) is 0 Å². The topological polar surface area (TPSA) is 44.8 Å². The maximum Gasteiger partial charge on any atom is 0.317 e. The van der Waals surface area contributed by atoms with Gasteiger partial charge in [0.15, 0.2) is 0 Å². The number of likely N-dealkylation sites (tertiary alicyclic amines) is 1. The highest BCUT2D eigenvalue weighted by atomic mass is 19.1. The Bertz CT molecular complexity index is 940. The van der Waals surface area contributed by atoms with Gasteiger partial charge in [-0.2, -0.15) is 0 Å². The fourth-order valence-corrected chi connectivity index (χ4v) is 5.65. The normalized spacial score (nSPS) is 18.7. The molecule has 2 amide bonds. The predicted octanol–water partition coefficient (Wildman–Crippen LogP) is 5.60. The molecule has 1 atom stereocenters. The van der Waals surface area contributed by atoms with Gasteiger partial charge in [0.2, 0.25) is 0 Å². The van der Waals surface area contributed by atoms with Gasteiger partial charge in [0, 0.05) is 31.2 Å². The standard InChI is InChI=1S/C29H40FN3O2/c1-32(29(34)31-25-11-7-4-8-12-25)26(19-22-9-5-3-6-10-22)21-33-17-15-23(16-18-33)27-20-24(30)13-14-28(27)35-2/h3,5-6,9-10,13-14,20,23,25-26H,4,7-8,11-12,15-19,21H2,1-2H3,(H,31,34). The number of piperidine rings is 1. The lowest BCUT2D eigenvalue weighted by Crippen LogP contribution is -2.52. The minimum Gasteiger partial charge on any atom is -0.496 e. The average Bonchev–Trinajstić information content (AvgIpc) is 2.89. The molecule has 4 rings (SSSR count). The van der Waals surface area contributed by atoms with Gasteiger partial charge < -0.3 is 19.9 Å². The van der Waals surface area contributed by atoms with Gasteiger partial charge >= 0.3 is 6.03 Å². The van der Waals surface area contributed by atoms with E-state index in [2.05, 4.69) is 34.5 Å². The number of carbonyl (C=O) groups excluding carboxylic acids is 1. The smallest absolute Gasteiger partial charge is 0.317 e. The van der Waals surface area contributed by atoms with E-state index in [1.165, 1.54) is 30.9 Å². The molecule has 190 valence electrons. The van der Waals surface area contributed by atoms with Crippen LogP contribution >= 0.6 is 0 Å². The largest absolute Gasteiger partial charge is 0.496 e. The van der Waals surface area contributed by atoms with Crippen molar-refractivity contribution in [3.63, 3.8) is 0 Å². The molecule has 2 aromatic carbocycles. The number of nitrogens with one attached hydrogen (secondary N) is 1. The monoisotopic (exact) mass is 481 g/mol. The molecule has 2 fully saturated rings. The summed E-state index contributed by atoms with van der Waals surface area (Å²) in [4.78, 5) is 17.5. The van der Waals surface area contributed by atoms with Crippen molar-refractivity contribution in [1.29, 1.82) is 0 Å². The Labute approximate surface area is 209 Å². The van der Waals surface area contributed by atoms with Crippen LogP contribution in [0, 0.1) is 5.82 Å².